The van der Waals surface area contributed by atoms with Gasteiger partial charge in [-0.2, -0.15) is 0 Å². The fourth-order valence-corrected chi connectivity index (χ4v) is 7.58. The first-order chi connectivity index (χ1) is 26.8. The summed E-state index contributed by atoms with van der Waals surface area (Å²) >= 11 is 0. The molecule has 54 heavy (non-hydrogen) atoms. The Hall–Kier alpha value is -7.24. The van der Waals surface area contributed by atoms with Crippen LogP contribution in [0.2, 0.25) is 0 Å². The predicted molar refractivity (Wildman–Crippen MR) is 220 cm³/mol. The highest BCUT2D eigenvalue weighted by Crippen LogP contribution is 2.39. The van der Waals surface area contributed by atoms with Crippen LogP contribution in [0.1, 0.15) is 11.1 Å². The zero-order chi connectivity index (χ0) is 35.8. The number of hydrogen-bond donors (Lipinski definition) is 1. The number of allylic oxidation sites excluding steroid dienone is 2. The molecule has 5 heterocycles. The third-order valence-corrected chi connectivity index (χ3v) is 10.2. The highest BCUT2D eigenvalue weighted by Gasteiger charge is 2.31. The lowest BCUT2D eigenvalue weighted by Crippen LogP contribution is -2.32. The van der Waals surface area contributed by atoms with Gasteiger partial charge in [-0.15, -0.1) is 0 Å². The second kappa shape index (κ2) is 13.4. The van der Waals surface area contributed by atoms with Gasteiger partial charge in [-0.3, -0.25) is 4.40 Å². The first-order valence-corrected chi connectivity index (χ1v) is 18.3. The molecule has 2 aliphatic heterocycles. The standard InChI is InChI=1S/C49H35N5/c1-4-14-34(15-5-1)41-32-42(35-22-26-39(27-23-35)48-46(37-16-6-2-7-17-37)51-44-20-10-12-30-53(44)48)50-43(33-41)36-24-28-40(29-25-36)49-47(38-18-8-3-9-19-38)52-45-21-11-13-31-54(45)49/h1-33,44,51H. The number of rotatable bonds is 7. The molecule has 1 N–H and O–H groups in total. The van der Waals surface area contributed by atoms with Crippen LogP contribution >= 0.6 is 0 Å². The summed E-state index contributed by atoms with van der Waals surface area (Å²) in [6, 6.07) is 59.6. The van der Waals surface area contributed by atoms with E-state index in [0.717, 1.165) is 78.8 Å². The van der Waals surface area contributed by atoms with Crippen LogP contribution in [-0.2, 0) is 0 Å². The van der Waals surface area contributed by atoms with Gasteiger partial charge in [0.05, 0.1) is 34.2 Å². The van der Waals surface area contributed by atoms with E-state index in [-0.39, 0.29) is 6.17 Å². The summed E-state index contributed by atoms with van der Waals surface area (Å²) in [4.78, 5) is 12.6. The van der Waals surface area contributed by atoms with Crippen molar-refractivity contribution in [3.05, 3.63) is 212 Å². The van der Waals surface area contributed by atoms with Gasteiger partial charge in [0.2, 0.25) is 0 Å². The van der Waals surface area contributed by atoms with Crippen LogP contribution in [0.4, 0.5) is 0 Å². The Morgan fingerprint density at radius 3 is 1.70 bits per heavy atom. The van der Waals surface area contributed by atoms with Crippen LogP contribution in [0.3, 0.4) is 0 Å². The molecule has 8 aromatic rings. The molecule has 2 aliphatic rings. The van der Waals surface area contributed by atoms with E-state index in [1.54, 1.807) is 0 Å². The van der Waals surface area contributed by atoms with Gasteiger partial charge < -0.3 is 10.2 Å². The van der Waals surface area contributed by atoms with E-state index in [2.05, 4.69) is 203 Å². The molecule has 1 atom stereocenters. The maximum Gasteiger partial charge on any atom is 0.137 e. The molecular weight excluding hydrogens is 659 g/mol. The van der Waals surface area contributed by atoms with Gasteiger partial charge in [-0.05, 0) is 53.1 Å². The molecule has 5 nitrogen and oxygen atoms in total. The lowest BCUT2D eigenvalue weighted by molar-refractivity contribution is 0.443. The van der Waals surface area contributed by atoms with Crippen molar-refractivity contribution in [3.63, 3.8) is 0 Å². The summed E-state index contributed by atoms with van der Waals surface area (Å²) in [5, 5.41) is 3.74. The Balaban J connectivity index is 1.04. The summed E-state index contributed by atoms with van der Waals surface area (Å²) in [6.45, 7) is 0. The minimum absolute atomic E-state index is 0.0793. The Morgan fingerprint density at radius 2 is 1.04 bits per heavy atom. The minimum atomic E-state index is 0.0793. The number of pyridine rings is 2. The number of aromatic nitrogens is 3. The Labute approximate surface area is 314 Å². The molecular formula is C49H35N5. The monoisotopic (exact) mass is 693 g/mol. The number of fused-ring (bicyclic) bond motifs is 2. The fraction of sp³-hybridized carbons (Fsp3) is 0.0204. The number of nitrogens with zero attached hydrogens (tertiary/aromatic N) is 4. The van der Waals surface area contributed by atoms with Crippen molar-refractivity contribution in [2.45, 2.75) is 6.17 Å². The maximum absolute atomic E-state index is 5.29. The maximum atomic E-state index is 5.29. The van der Waals surface area contributed by atoms with E-state index in [0.29, 0.717) is 0 Å². The lowest BCUT2D eigenvalue weighted by atomic mass is 9.98. The molecule has 256 valence electrons. The average Bonchev–Trinajstić information content (AvgIpc) is 3.84. The molecule has 0 saturated carbocycles. The Kier molecular flexibility index (Phi) is 7.81. The van der Waals surface area contributed by atoms with Crippen LogP contribution in [0, 0.1) is 0 Å². The van der Waals surface area contributed by atoms with E-state index in [9.17, 15) is 0 Å². The number of benzene rings is 5. The van der Waals surface area contributed by atoms with Crippen LogP contribution in [0.25, 0.3) is 73.2 Å². The Bertz CT molecular complexity index is 2710. The molecule has 1 unspecified atom stereocenters. The zero-order valence-corrected chi connectivity index (χ0v) is 29.4. The van der Waals surface area contributed by atoms with E-state index < -0.39 is 0 Å². The van der Waals surface area contributed by atoms with Gasteiger partial charge in [0.1, 0.15) is 11.8 Å². The molecule has 0 spiro atoms. The molecule has 0 saturated heterocycles. The first-order valence-electron chi connectivity index (χ1n) is 18.3. The second-order valence-corrected chi connectivity index (χ2v) is 13.6. The fourth-order valence-electron chi connectivity index (χ4n) is 7.58. The third-order valence-electron chi connectivity index (χ3n) is 10.2. The number of hydrogen-bond acceptors (Lipinski definition) is 4. The van der Waals surface area contributed by atoms with E-state index >= 15 is 0 Å². The van der Waals surface area contributed by atoms with Crippen molar-refractivity contribution < 1.29 is 0 Å². The lowest BCUT2D eigenvalue weighted by Gasteiger charge is -2.25. The third kappa shape index (κ3) is 5.69. The largest absolute Gasteiger partial charge is 0.359 e. The first kappa shape index (κ1) is 31.5. The normalized spacial score (nSPS) is 14.7. The Morgan fingerprint density at radius 1 is 0.463 bits per heavy atom. The van der Waals surface area contributed by atoms with Crippen molar-refractivity contribution in [2.75, 3.05) is 0 Å². The molecule has 0 radical (unpaired) electrons. The van der Waals surface area contributed by atoms with Gasteiger partial charge in [0.15, 0.2) is 0 Å². The van der Waals surface area contributed by atoms with Crippen molar-refractivity contribution >= 4 is 17.0 Å². The summed E-state index contributed by atoms with van der Waals surface area (Å²) in [6.07, 6.45) is 10.7. The highest BCUT2D eigenvalue weighted by atomic mass is 15.3. The average molecular weight is 694 g/mol. The van der Waals surface area contributed by atoms with Crippen molar-refractivity contribution in [1.82, 2.24) is 24.6 Å². The summed E-state index contributed by atoms with van der Waals surface area (Å²) in [5.41, 5.74) is 16.0. The summed E-state index contributed by atoms with van der Waals surface area (Å²) in [5.74, 6) is 0. The zero-order valence-electron chi connectivity index (χ0n) is 29.4. The van der Waals surface area contributed by atoms with Crippen molar-refractivity contribution in [1.29, 1.82) is 0 Å². The highest BCUT2D eigenvalue weighted by molar-refractivity contribution is 5.93. The summed E-state index contributed by atoms with van der Waals surface area (Å²) in [7, 11) is 0. The van der Waals surface area contributed by atoms with E-state index in [4.69, 9.17) is 9.97 Å². The van der Waals surface area contributed by atoms with Crippen molar-refractivity contribution in [2.24, 2.45) is 0 Å². The summed E-state index contributed by atoms with van der Waals surface area (Å²) < 4.78 is 2.17. The van der Waals surface area contributed by atoms with Gasteiger partial charge >= 0.3 is 0 Å². The van der Waals surface area contributed by atoms with Gasteiger partial charge in [0.25, 0.3) is 0 Å². The molecule has 10 rings (SSSR count). The van der Waals surface area contributed by atoms with Crippen LogP contribution in [0.15, 0.2) is 200 Å². The predicted octanol–water partition coefficient (Wildman–Crippen LogP) is 11.2. The van der Waals surface area contributed by atoms with Gasteiger partial charge in [-0.1, -0.05) is 152 Å². The second-order valence-electron chi connectivity index (χ2n) is 13.6. The van der Waals surface area contributed by atoms with Gasteiger partial charge in [-0.25, -0.2) is 9.97 Å². The molecule has 0 aliphatic carbocycles. The SMILES string of the molecule is C1=CC2NC(c3ccccc3)=C(c3ccc(-c4cc(-c5ccccc5)cc(-c5ccc(-c6c(-c7ccccc7)nc7ccccn67)cc5)n4)cc3)N2C=C1. The smallest absolute Gasteiger partial charge is 0.137 e. The molecule has 5 heteroatoms. The molecule has 0 fully saturated rings. The number of imidazole rings is 1. The van der Waals surface area contributed by atoms with Crippen LogP contribution in [0.5, 0.6) is 0 Å². The van der Waals surface area contributed by atoms with Crippen molar-refractivity contribution in [3.8, 4) is 56.2 Å². The quantitative estimate of drug-likeness (QED) is 0.180. The topological polar surface area (TPSA) is 45.5 Å². The molecule has 3 aromatic heterocycles. The van der Waals surface area contributed by atoms with E-state index in [1.165, 1.54) is 5.56 Å². The van der Waals surface area contributed by atoms with E-state index in [1.807, 2.05) is 12.1 Å². The molecule has 5 aromatic carbocycles. The minimum Gasteiger partial charge on any atom is -0.359 e. The van der Waals surface area contributed by atoms with Crippen LogP contribution < -0.4 is 5.32 Å². The van der Waals surface area contributed by atoms with Crippen LogP contribution in [-0.4, -0.2) is 25.4 Å². The van der Waals surface area contributed by atoms with Gasteiger partial charge in [0, 0.05) is 40.2 Å². The number of nitrogens with one attached hydrogen (secondary N) is 1. The molecule has 0 amide bonds. The molecule has 0 bridgehead atoms.